The van der Waals surface area contributed by atoms with Crippen molar-refractivity contribution < 1.29 is 19.2 Å². The van der Waals surface area contributed by atoms with Crippen LogP contribution in [0, 0.1) is 10.1 Å². The van der Waals surface area contributed by atoms with Gasteiger partial charge in [0.2, 0.25) is 0 Å². The number of benzene rings is 1. The highest BCUT2D eigenvalue weighted by Crippen LogP contribution is 2.35. The van der Waals surface area contributed by atoms with Gasteiger partial charge in [-0.05, 0) is 36.8 Å². The van der Waals surface area contributed by atoms with Crippen LogP contribution in [0.25, 0.3) is 17.4 Å². The van der Waals surface area contributed by atoms with Crippen molar-refractivity contribution in [3.8, 4) is 11.3 Å². The molecule has 1 aromatic heterocycles. The SMILES string of the molecule is O=C(O)CCCN1C(=S)S/C(=C\c2ccc(-c3ccc([N+](=O)[O-])cc3)o2)C1=S. The Morgan fingerprint density at radius 1 is 1.25 bits per heavy atom. The fourth-order valence-electron chi connectivity index (χ4n) is 2.54. The number of thioether (sulfide) groups is 1. The maximum atomic E-state index is 10.7. The Morgan fingerprint density at radius 2 is 1.96 bits per heavy atom. The molecule has 1 N–H and O–H groups in total. The Bertz CT molecular complexity index is 981. The summed E-state index contributed by atoms with van der Waals surface area (Å²) in [5, 5.41) is 19.5. The molecule has 144 valence electrons. The smallest absolute Gasteiger partial charge is 0.303 e. The van der Waals surface area contributed by atoms with Crippen LogP contribution in [-0.2, 0) is 4.79 Å². The van der Waals surface area contributed by atoms with Crippen LogP contribution in [0.4, 0.5) is 5.69 Å². The van der Waals surface area contributed by atoms with Crippen molar-refractivity contribution in [1.82, 2.24) is 4.90 Å². The van der Waals surface area contributed by atoms with Gasteiger partial charge in [0.15, 0.2) is 0 Å². The lowest BCUT2D eigenvalue weighted by Crippen LogP contribution is -2.28. The summed E-state index contributed by atoms with van der Waals surface area (Å²) >= 11 is 12.1. The van der Waals surface area contributed by atoms with E-state index in [4.69, 9.17) is 34.0 Å². The maximum absolute atomic E-state index is 10.7. The number of carbonyl (C=O) groups is 1. The van der Waals surface area contributed by atoms with E-state index in [0.717, 1.165) is 10.5 Å². The zero-order valence-electron chi connectivity index (χ0n) is 14.4. The quantitative estimate of drug-likeness (QED) is 0.287. The first-order valence-corrected chi connectivity index (χ1v) is 9.80. The van der Waals surface area contributed by atoms with Gasteiger partial charge >= 0.3 is 5.97 Å². The molecule has 7 nitrogen and oxygen atoms in total. The molecule has 0 atom stereocenters. The molecule has 0 amide bonds. The summed E-state index contributed by atoms with van der Waals surface area (Å²) in [4.78, 5) is 24.0. The number of carboxylic acids is 1. The summed E-state index contributed by atoms with van der Waals surface area (Å²) in [5.74, 6) is 0.304. The van der Waals surface area contributed by atoms with Crippen LogP contribution in [0.3, 0.4) is 0 Å². The summed E-state index contributed by atoms with van der Waals surface area (Å²) in [6, 6.07) is 9.66. The molecule has 0 aliphatic carbocycles. The minimum atomic E-state index is -0.853. The number of nitro benzene ring substituents is 1. The average Bonchev–Trinajstić information content (AvgIpc) is 3.22. The summed E-state index contributed by atoms with van der Waals surface area (Å²) in [5.41, 5.74) is 0.740. The molecule has 1 fully saturated rings. The van der Waals surface area contributed by atoms with Gasteiger partial charge < -0.3 is 14.4 Å². The minimum absolute atomic E-state index is 0.0156. The molecule has 0 bridgehead atoms. The standard InChI is InChI=1S/C18H14N2O5S3/c21-16(22)2-1-9-19-17(26)15(28-18(19)27)10-13-7-8-14(25-13)11-3-5-12(6-4-11)20(23)24/h3-8,10H,1-2,9H2,(H,21,22)/b15-10-. The molecule has 0 unspecified atom stereocenters. The third-order valence-corrected chi connectivity index (χ3v) is 5.87. The van der Waals surface area contributed by atoms with Crippen molar-refractivity contribution >= 4 is 63.2 Å². The molecule has 1 aromatic carbocycles. The van der Waals surface area contributed by atoms with Crippen molar-refractivity contribution in [1.29, 1.82) is 0 Å². The van der Waals surface area contributed by atoms with E-state index < -0.39 is 10.9 Å². The van der Waals surface area contributed by atoms with Gasteiger partial charge in [0.05, 0.1) is 9.83 Å². The van der Waals surface area contributed by atoms with Gasteiger partial charge in [0.25, 0.3) is 5.69 Å². The molecule has 10 heteroatoms. The summed E-state index contributed by atoms with van der Waals surface area (Å²) in [7, 11) is 0. The van der Waals surface area contributed by atoms with E-state index in [0.29, 0.717) is 33.8 Å². The van der Waals surface area contributed by atoms with E-state index in [1.165, 1.54) is 23.9 Å². The number of hydrogen-bond acceptors (Lipinski definition) is 7. The predicted octanol–water partition coefficient (Wildman–Crippen LogP) is 4.72. The second kappa shape index (κ2) is 8.63. The van der Waals surface area contributed by atoms with Crippen molar-refractivity contribution in [2.24, 2.45) is 0 Å². The second-order valence-electron chi connectivity index (χ2n) is 5.84. The number of aliphatic carboxylic acids is 1. The number of nitro groups is 1. The van der Waals surface area contributed by atoms with E-state index in [2.05, 4.69) is 0 Å². The molecule has 28 heavy (non-hydrogen) atoms. The third kappa shape index (κ3) is 4.64. The monoisotopic (exact) mass is 434 g/mol. The Morgan fingerprint density at radius 3 is 2.61 bits per heavy atom. The second-order valence-corrected chi connectivity index (χ2v) is 7.90. The van der Waals surface area contributed by atoms with E-state index in [1.54, 1.807) is 35.2 Å². The van der Waals surface area contributed by atoms with Crippen molar-refractivity contribution in [3.63, 3.8) is 0 Å². The lowest BCUT2D eigenvalue weighted by atomic mass is 10.1. The first kappa shape index (κ1) is 20.2. The lowest BCUT2D eigenvalue weighted by Gasteiger charge is -2.15. The van der Waals surface area contributed by atoms with Crippen molar-refractivity contribution in [2.75, 3.05) is 6.54 Å². The number of furan rings is 1. The van der Waals surface area contributed by atoms with Gasteiger partial charge in [-0.2, -0.15) is 0 Å². The zero-order chi connectivity index (χ0) is 20.3. The van der Waals surface area contributed by atoms with Crippen LogP contribution in [0.5, 0.6) is 0 Å². The molecule has 3 rings (SSSR count). The van der Waals surface area contributed by atoms with Gasteiger partial charge in [-0.15, -0.1) is 0 Å². The molecule has 1 aliphatic heterocycles. The van der Waals surface area contributed by atoms with Crippen LogP contribution in [0.2, 0.25) is 0 Å². The predicted molar refractivity (Wildman–Crippen MR) is 115 cm³/mol. The maximum Gasteiger partial charge on any atom is 0.303 e. The first-order valence-electron chi connectivity index (χ1n) is 8.17. The van der Waals surface area contributed by atoms with Crippen LogP contribution in [0.15, 0.2) is 45.7 Å². The molecule has 1 aliphatic rings. The molecular formula is C18H14N2O5S3. The Labute approximate surface area is 175 Å². The largest absolute Gasteiger partial charge is 0.481 e. The Kier molecular flexibility index (Phi) is 6.22. The third-order valence-electron chi connectivity index (χ3n) is 3.91. The summed E-state index contributed by atoms with van der Waals surface area (Å²) in [6.07, 6.45) is 2.29. The van der Waals surface area contributed by atoms with Crippen LogP contribution in [-0.4, -0.2) is 36.8 Å². The molecule has 0 radical (unpaired) electrons. The van der Waals surface area contributed by atoms with E-state index in [9.17, 15) is 14.9 Å². The summed E-state index contributed by atoms with van der Waals surface area (Å²) < 4.78 is 6.39. The molecule has 2 aromatic rings. The number of thiocarbonyl (C=S) groups is 2. The van der Waals surface area contributed by atoms with Crippen LogP contribution < -0.4 is 0 Å². The first-order chi connectivity index (χ1) is 13.3. The minimum Gasteiger partial charge on any atom is -0.481 e. The van der Waals surface area contributed by atoms with Gasteiger partial charge in [-0.1, -0.05) is 36.2 Å². The van der Waals surface area contributed by atoms with Crippen molar-refractivity contribution in [3.05, 3.63) is 57.2 Å². The number of hydrogen-bond donors (Lipinski definition) is 1. The topological polar surface area (TPSA) is 96.8 Å². The Hall–Kier alpha value is -2.56. The number of rotatable bonds is 7. The van der Waals surface area contributed by atoms with Crippen molar-refractivity contribution in [2.45, 2.75) is 12.8 Å². The number of non-ortho nitro benzene ring substituents is 1. The lowest BCUT2D eigenvalue weighted by molar-refractivity contribution is -0.384. The molecular weight excluding hydrogens is 420 g/mol. The highest BCUT2D eigenvalue weighted by atomic mass is 32.2. The van der Waals surface area contributed by atoms with E-state index in [1.807, 2.05) is 0 Å². The molecule has 2 heterocycles. The summed E-state index contributed by atoms with van der Waals surface area (Å²) in [6.45, 7) is 0.459. The highest BCUT2D eigenvalue weighted by molar-refractivity contribution is 8.27. The van der Waals surface area contributed by atoms with E-state index in [-0.39, 0.29) is 12.1 Å². The van der Waals surface area contributed by atoms with E-state index >= 15 is 0 Å². The van der Waals surface area contributed by atoms with Gasteiger partial charge in [0, 0.05) is 30.7 Å². The fourth-order valence-corrected chi connectivity index (χ4v) is 4.33. The molecule has 0 saturated carbocycles. The number of carboxylic acid groups (broad SMARTS) is 1. The Balaban J connectivity index is 1.72. The number of nitrogens with zero attached hydrogens (tertiary/aromatic N) is 2. The average molecular weight is 435 g/mol. The highest BCUT2D eigenvalue weighted by Gasteiger charge is 2.28. The fraction of sp³-hybridized carbons (Fsp3) is 0.167. The molecule has 1 saturated heterocycles. The van der Waals surface area contributed by atoms with Crippen LogP contribution in [0.1, 0.15) is 18.6 Å². The van der Waals surface area contributed by atoms with Gasteiger partial charge in [-0.3, -0.25) is 14.9 Å². The van der Waals surface area contributed by atoms with Gasteiger partial charge in [-0.25, -0.2) is 0 Å². The zero-order valence-corrected chi connectivity index (χ0v) is 16.8. The van der Waals surface area contributed by atoms with Crippen LogP contribution >= 0.6 is 36.2 Å². The molecule has 0 spiro atoms. The van der Waals surface area contributed by atoms with Gasteiger partial charge in [0.1, 0.15) is 20.8 Å². The normalized spacial score (nSPS) is 15.4.